The number of anilines is 1. The highest BCUT2D eigenvalue weighted by atomic mass is 35.5. The summed E-state index contributed by atoms with van der Waals surface area (Å²) in [5.41, 5.74) is 2.01. The van der Waals surface area contributed by atoms with Gasteiger partial charge >= 0.3 is 5.97 Å². The summed E-state index contributed by atoms with van der Waals surface area (Å²) in [7, 11) is 2.02. The van der Waals surface area contributed by atoms with Gasteiger partial charge in [-0.15, -0.1) is 0 Å². The van der Waals surface area contributed by atoms with E-state index in [-0.39, 0.29) is 0 Å². The Labute approximate surface area is 119 Å². The third-order valence-corrected chi connectivity index (χ3v) is 4.21. The van der Waals surface area contributed by atoms with Crippen LogP contribution in [0.1, 0.15) is 41.6 Å². The molecule has 0 spiro atoms. The lowest BCUT2D eigenvalue weighted by molar-refractivity contribution is 0.0696. The molecule has 0 radical (unpaired) electrons. The molecule has 0 bridgehead atoms. The number of aromatic carboxylic acids is 1. The molecule has 1 aliphatic rings. The second-order valence-corrected chi connectivity index (χ2v) is 5.87. The molecule has 1 aliphatic carbocycles. The summed E-state index contributed by atoms with van der Waals surface area (Å²) in [6.07, 6.45) is 5.17. The van der Waals surface area contributed by atoms with Gasteiger partial charge in [-0.05, 0) is 43.4 Å². The van der Waals surface area contributed by atoms with Gasteiger partial charge in [0.15, 0.2) is 0 Å². The fraction of sp³-hybridized carbons (Fsp3) is 0.533. The first-order valence-electron chi connectivity index (χ1n) is 6.73. The molecule has 0 aliphatic heterocycles. The van der Waals surface area contributed by atoms with Crippen LogP contribution in [0.2, 0.25) is 5.02 Å². The number of carboxylic acids is 1. The van der Waals surface area contributed by atoms with Crippen molar-refractivity contribution in [3.05, 3.63) is 28.3 Å². The lowest BCUT2D eigenvalue weighted by atomic mass is 10.0. The third kappa shape index (κ3) is 3.21. The van der Waals surface area contributed by atoms with E-state index in [0.717, 1.165) is 23.7 Å². The van der Waals surface area contributed by atoms with Crippen LogP contribution < -0.4 is 4.90 Å². The van der Waals surface area contributed by atoms with Crippen LogP contribution in [0, 0.1) is 12.8 Å². The Morgan fingerprint density at radius 1 is 1.42 bits per heavy atom. The SMILES string of the molecule is Cc1c(C(=O)O)cc(Cl)cc1N(C)CC1CCCC1. The Kier molecular flexibility index (Phi) is 4.35. The fourth-order valence-corrected chi connectivity index (χ4v) is 3.17. The van der Waals surface area contributed by atoms with E-state index in [1.54, 1.807) is 0 Å². The first kappa shape index (κ1) is 14.2. The second kappa shape index (κ2) is 5.83. The second-order valence-electron chi connectivity index (χ2n) is 5.43. The topological polar surface area (TPSA) is 40.5 Å². The first-order valence-corrected chi connectivity index (χ1v) is 7.11. The molecular formula is C15H20ClNO2. The molecule has 0 saturated heterocycles. The lowest BCUT2D eigenvalue weighted by Gasteiger charge is -2.25. The molecule has 19 heavy (non-hydrogen) atoms. The van der Waals surface area contributed by atoms with Crippen LogP contribution in [0.4, 0.5) is 5.69 Å². The predicted molar refractivity (Wildman–Crippen MR) is 78.4 cm³/mol. The van der Waals surface area contributed by atoms with E-state index in [1.165, 1.54) is 31.7 Å². The molecule has 1 N–H and O–H groups in total. The molecule has 104 valence electrons. The molecule has 2 rings (SSSR count). The van der Waals surface area contributed by atoms with Crippen molar-refractivity contribution >= 4 is 23.3 Å². The smallest absolute Gasteiger partial charge is 0.336 e. The third-order valence-electron chi connectivity index (χ3n) is 3.99. The predicted octanol–water partition coefficient (Wildman–Crippen LogP) is 3.97. The average molecular weight is 282 g/mol. The maximum Gasteiger partial charge on any atom is 0.336 e. The molecule has 1 saturated carbocycles. The minimum Gasteiger partial charge on any atom is -0.478 e. The van der Waals surface area contributed by atoms with E-state index in [9.17, 15) is 9.90 Å². The quantitative estimate of drug-likeness (QED) is 0.908. The molecule has 1 aromatic carbocycles. The summed E-state index contributed by atoms with van der Waals surface area (Å²) in [4.78, 5) is 13.4. The molecule has 1 aromatic rings. The highest BCUT2D eigenvalue weighted by Crippen LogP contribution is 2.31. The van der Waals surface area contributed by atoms with Crippen molar-refractivity contribution in [2.24, 2.45) is 5.92 Å². The van der Waals surface area contributed by atoms with Crippen molar-refractivity contribution in [3.63, 3.8) is 0 Å². The van der Waals surface area contributed by atoms with E-state index in [2.05, 4.69) is 4.90 Å². The molecule has 0 atom stereocenters. The maximum atomic E-state index is 11.2. The zero-order valence-electron chi connectivity index (χ0n) is 11.4. The number of hydrogen-bond donors (Lipinski definition) is 1. The molecule has 0 unspecified atom stereocenters. The molecule has 4 heteroatoms. The first-order chi connectivity index (χ1) is 8.99. The van der Waals surface area contributed by atoms with Gasteiger partial charge in [-0.2, -0.15) is 0 Å². The van der Waals surface area contributed by atoms with Crippen molar-refractivity contribution < 1.29 is 9.90 Å². The Hall–Kier alpha value is -1.22. The minimum absolute atomic E-state index is 0.292. The normalized spacial score (nSPS) is 15.7. The number of nitrogens with zero attached hydrogens (tertiary/aromatic N) is 1. The van der Waals surface area contributed by atoms with Crippen molar-refractivity contribution in [3.8, 4) is 0 Å². The number of hydrogen-bond acceptors (Lipinski definition) is 2. The molecule has 3 nitrogen and oxygen atoms in total. The summed E-state index contributed by atoms with van der Waals surface area (Å²) in [6.45, 7) is 2.82. The zero-order chi connectivity index (χ0) is 14.0. The number of halogens is 1. The molecule has 0 heterocycles. The Morgan fingerprint density at radius 2 is 2.05 bits per heavy atom. The highest BCUT2D eigenvalue weighted by molar-refractivity contribution is 6.31. The van der Waals surface area contributed by atoms with Crippen molar-refractivity contribution in [1.82, 2.24) is 0 Å². The minimum atomic E-state index is -0.921. The average Bonchev–Trinajstić information content (AvgIpc) is 2.84. The number of rotatable bonds is 4. The summed E-state index contributed by atoms with van der Waals surface area (Å²) in [5, 5.41) is 9.69. The summed E-state index contributed by atoms with van der Waals surface area (Å²) in [5.74, 6) is -0.202. The number of carbonyl (C=O) groups is 1. The van der Waals surface area contributed by atoms with Crippen molar-refractivity contribution in [1.29, 1.82) is 0 Å². The van der Waals surface area contributed by atoms with E-state index >= 15 is 0 Å². The lowest BCUT2D eigenvalue weighted by Crippen LogP contribution is -2.25. The van der Waals surface area contributed by atoms with Gasteiger partial charge in [0.05, 0.1) is 5.56 Å². The van der Waals surface area contributed by atoms with Crippen LogP contribution in [0.3, 0.4) is 0 Å². The van der Waals surface area contributed by atoms with E-state index < -0.39 is 5.97 Å². The largest absolute Gasteiger partial charge is 0.478 e. The van der Waals surface area contributed by atoms with Crippen LogP contribution in [-0.2, 0) is 0 Å². The van der Waals surface area contributed by atoms with Gasteiger partial charge in [-0.25, -0.2) is 4.79 Å². The highest BCUT2D eigenvalue weighted by Gasteiger charge is 2.20. The zero-order valence-corrected chi connectivity index (χ0v) is 12.2. The number of benzene rings is 1. The summed E-state index contributed by atoms with van der Waals surface area (Å²) >= 11 is 6.04. The van der Waals surface area contributed by atoms with E-state index in [1.807, 2.05) is 20.0 Å². The van der Waals surface area contributed by atoms with Gasteiger partial charge in [0.25, 0.3) is 0 Å². The Balaban J connectivity index is 2.24. The van der Waals surface area contributed by atoms with Gasteiger partial charge in [0.2, 0.25) is 0 Å². The van der Waals surface area contributed by atoms with Crippen LogP contribution in [-0.4, -0.2) is 24.7 Å². The van der Waals surface area contributed by atoms with Crippen molar-refractivity contribution in [2.45, 2.75) is 32.6 Å². The van der Waals surface area contributed by atoms with Gasteiger partial charge in [0.1, 0.15) is 0 Å². The van der Waals surface area contributed by atoms with Crippen LogP contribution in [0.25, 0.3) is 0 Å². The van der Waals surface area contributed by atoms with Gasteiger partial charge in [-0.3, -0.25) is 0 Å². The molecule has 0 aromatic heterocycles. The monoisotopic (exact) mass is 281 g/mol. The molecule has 1 fully saturated rings. The fourth-order valence-electron chi connectivity index (χ4n) is 2.96. The standard InChI is InChI=1S/C15H20ClNO2/c1-10-13(15(18)19)7-12(16)8-14(10)17(2)9-11-5-3-4-6-11/h7-8,11H,3-6,9H2,1-2H3,(H,18,19). The maximum absolute atomic E-state index is 11.2. The van der Waals surface area contributed by atoms with Crippen molar-refractivity contribution in [2.75, 3.05) is 18.5 Å². The molecular weight excluding hydrogens is 262 g/mol. The summed E-state index contributed by atoms with van der Waals surface area (Å²) < 4.78 is 0. The Bertz CT molecular complexity index is 481. The number of carboxylic acid groups (broad SMARTS) is 1. The van der Waals surface area contributed by atoms with Gasteiger partial charge in [0, 0.05) is 24.3 Å². The van der Waals surface area contributed by atoms with E-state index in [4.69, 9.17) is 11.6 Å². The van der Waals surface area contributed by atoms with Crippen LogP contribution >= 0.6 is 11.6 Å². The Morgan fingerprint density at radius 3 is 2.63 bits per heavy atom. The van der Waals surface area contributed by atoms with Crippen LogP contribution in [0.15, 0.2) is 12.1 Å². The van der Waals surface area contributed by atoms with Gasteiger partial charge < -0.3 is 10.0 Å². The van der Waals surface area contributed by atoms with Gasteiger partial charge in [-0.1, -0.05) is 24.4 Å². The van der Waals surface area contributed by atoms with Crippen LogP contribution in [0.5, 0.6) is 0 Å². The summed E-state index contributed by atoms with van der Waals surface area (Å²) in [6, 6.07) is 3.38. The van der Waals surface area contributed by atoms with E-state index in [0.29, 0.717) is 10.6 Å². The molecule has 0 amide bonds.